The van der Waals surface area contributed by atoms with Gasteiger partial charge in [0.15, 0.2) is 11.6 Å². The highest BCUT2D eigenvalue weighted by Gasteiger charge is 2.07. The Morgan fingerprint density at radius 2 is 2.43 bits per heavy atom. The second-order valence-corrected chi connectivity index (χ2v) is 2.71. The van der Waals surface area contributed by atoms with E-state index in [-0.39, 0.29) is 18.0 Å². The average molecular weight is 200 g/mol. The molecule has 1 heterocycles. The van der Waals surface area contributed by atoms with E-state index < -0.39 is 5.82 Å². The Kier molecular flexibility index (Phi) is 4.28. The van der Waals surface area contributed by atoms with E-state index in [9.17, 15) is 4.39 Å². The van der Waals surface area contributed by atoms with Crippen LogP contribution in [-0.2, 0) is 11.3 Å². The van der Waals surface area contributed by atoms with E-state index >= 15 is 0 Å². The van der Waals surface area contributed by atoms with Crippen LogP contribution >= 0.6 is 0 Å². The summed E-state index contributed by atoms with van der Waals surface area (Å²) in [6, 6.07) is 1.44. The molecule has 78 valence electrons. The molecule has 0 aliphatic heterocycles. The van der Waals surface area contributed by atoms with E-state index in [2.05, 4.69) is 10.3 Å². The second kappa shape index (κ2) is 5.51. The van der Waals surface area contributed by atoms with Gasteiger partial charge in [-0.3, -0.25) is 0 Å². The van der Waals surface area contributed by atoms with Gasteiger partial charge in [0.2, 0.25) is 0 Å². The molecule has 0 spiro atoms. The Morgan fingerprint density at radius 1 is 1.64 bits per heavy atom. The summed E-state index contributed by atoms with van der Waals surface area (Å²) in [7, 11) is 1.57. The van der Waals surface area contributed by atoms with Crippen LogP contribution in [0.2, 0.25) is 0 Å². The summed E-state index contributed by atoms with van der Waals surface area (Å²) in [4.78, 5) is 3.81. The zero-order chi connectivity index (χ0) is 10.4. The summed E-state index contributed by atoms with van der Waals surface area (Å²) >= 11 is 0. The lowest BCUT2D eigenvalue weighted by molar-refractivity contribution is 0.210. The lowest BCUT2D eigenvalue weighted by atomic mass is 10.2. The molecule has 0 unspecified atom stereocenters. The highest BCUT2D eigenvalue weighted by Crippen LogP contribution is 2.14. The summed E-state index contributed by atoms with van der Waals surface area (Å²) in [5.41, 5.74) is 0.236. The molecule has 1 aromatic heterocycles. The van der Waals surface area contributed by atoms with Crippen LogP contribution in [0.15, 0.2) is 12.3 Å². The van der Waals surface area contributed by atoms with Gasteiger partial charge in [0.05, 0.1) is 13.2 Å². The predicted molar refractivity (Wildman–Crippen MR) is 50.5 cm³/mol. The van der Waals surface area contributed by atoms with Gasteiger partial charge in [-0.15, -0.1) is 0 Å². The van der Waals surface area contributed by atoms with Crippen LogP contribution < -0.4 is 5.32 Å². The quantitative estimate of drug-likeness (QED) is 0.689. The SMILES string of the molecule is COCCNc1nccc(CO)c1F. The number of aliphatic hydroxyl groups excluding tert-OH is 1. The Balaban J connectivity index is 2.66. The van der Waals surface area contributed by atoms with Crippen LogP contribution in [0.25, 0.3) is 0 Å². The molecule has 0 bridgehead atoms. The number of pyridine rings is 1. The number of hydrogen-bond donors (Lipinski definition) is 2. The van der Waals surface area contributed by atoms with Crippen molar-refractivity contribution in [3.05, 3.63) is 23.6 Å². The van der Waals surface area contributed by atoms with Gasteiger partial charge in [0.25, 0.3) is 0 Å². The fourth-order valence-electron chi connectivity index (χ4n) is 1.00. The molecule has 1 rings (SSSR count). The van der Waals surface area contributed by atoms with E-state index in [0.717, 1.165) is 0 Å². The molecular formula is C9H13FN2O2. The predicted octanol–water partition coefficient (Wildman–Crippen LogP) is 0.771. The fraction of sp³-hybridized carbons (Fsp3) is 0.444. The first-order valence-electron chi connectivity index (χ1n) is 4.26. The van der Waals surface area contributed by atoms with Crippen LogP contribution in [0, 0.1) is 5.82 Å². The molecular weight excluding hydrogens is 187 g/mol. The van der Waals surface area contributed by atoms with Gasteiger partial charge < -0.3 is 15.2 Å². The average Bonchev–Trinajstić information content (AvgIpc) is 2.21. The van der Waals surface area contributed by atoms with Crippen molar-refractivity contribution >= 4 is 5.82 Å². The maximum absolute atomic E-state index is 13.4. The monoisotopic (exact) mass is 200 g/mol. The molecule has 0 aromatic carbocycles. The third kappa shape index (κ3) is 2.65. The van der Waals surface area contributed by atoms with Crippen molar-refractivity contribution in [2.75, 3.05) is 25.6 Å². The zero-order valence-corrected chi connectivity index (χ0v) is 7.96. The summed E-state index contributed by atoms with van der Waals surface area (Å²) < 4.78 is 18.2. The number of nitrogens with one attached hydrogen (secondary N) is 1. The van der Waals surface area contributed by atoms with E-state index in [1.165, 1.54) is 12.3 Å². The van der Waals surface area contributed by atoms with E-state index in [4.69, 9.17) is 9.84 Å². The van der Waals surface area contributed by atoms with Crippen molar-refractivity contribution in [2.24, 2.45) is 0 Å². The molecule has 0 amide bonds. The van der Waals surface area contributed by atoms with Crippen LogP contribution in [0.4, 0.5) is 10.2 Å². The van der Waals surface area contributed by atoms with Gasteiger partial charge >= 0.3 is 0 Å². The maximum atomic E-state index is 13.4. The molecule has 0 fully saturated rings. The number of hydrogen-bond acceptors (Lipinski definition) is 4. The van der Waals surface area contributed by atoms with Crippen LogP contribution in [0.5, 0.6) is 0 Å². The maximum Gasteiger partial charge on any atom is 0.170 e. The van der Waals surface area contributed by atoms with Gasteiger partial charge in [-0.05, 0) is 6.07 Å². The molecule has 5 heteroatoms. The van der Waals surface area contributed by atoms with Gasteiger partial charge in [-0.1, -0.05) is 0 Å². The minimum Gasteiger partial charge on any atom is -0.392 e. The standard InChI is InChI=1S/C9H13FN2O2/c1-14-5-4-12-9-8(10)7(6-13)2-3-11-9/h2-3,13H,4-6H2,1H3,(H,11,12). The van der Waals surface area contributed by atoms with Gasteiger partial charge in [-0.25, -0.2) is 9.37 Å². The molecule has 0 saturated carbocycles. The van der Waals surface area contributed by atoms with Crippen molar-refractivity contribution in [1.29, 1.82) is 0 Å². The molecule has 2 N–H and O–H groups in total. The minimum absolute atomic E-state index is 0.147. The number of rotatable bonds is 5. The highest BCUT2D eigenvalue weighted by atomic mass is 19.1. The molecule has 0 atom stereocenters. The Hall–Kier alpha value is -1.20. The molecule has 0 aliphatic carbocycles. The second-order valence-electron chi connectivity index (χ2n) is 2.71. The van der Waals surface area contributed by atoms with Crippen molar-refractivity contribution in [3.8, 4) is 0 Å². The highest BCUT2D eigenvalue weighted by molar-refractivity contribution is 5.39. The lowest BCUT2D eigenvalue weighted by Gasteiger charge is -2.07. The Labute approximate surface area is 81.7 Å². The van der Waals surface area contributed by atoms with Crippen LogP contribution in [0.1, 0.15) is 5.56 Å². The summed E-state index contributed by atoms with van der Waals surface area (Å²) in [5, 5.41) is 11.6. The van der Waals surface area contributed by atoms with Crippen molar-refractivity contribution < 1.29 is 14.2 Å². The van der Waals surface area contributed by atoms with E-state index in [1.807, 2.05) is 0 Å². The van der Waals surface area contributed by atoms with Crippen molar-refractivity contribution in [3.63, 3.8) is 0 Å². The molecule has 4 nitrogen and oxygen atoms in total. The smallest absolute Gasteiger partial charge is 0.170 e. The summed E-state index contributed by atoms with van der Waals surface area (Å²) in [5.74, 6) is -0.361. The molecule has 0 radical (unpaired) electrons. The third-order valence-electron chi connectivity index (χ3n) is 1.74. The lowest BCUT2D eigenvalue weighted by Crippen LogP contribution is -2.11. The van der Waals surface area contributed by atoms with Gasteiger partial charge in [-0.2, -0.15) is 0 Å². The Bertz CT molecular complexity index is 294. The normalized spacial score (nSPS) is 10.2. The van der Waals surface area contributed by atoms with Crippen molar-refractivity contribution in [2.45, 2.75) is 6.61 Å². The zero-order valence-electron chi connectivity index (χ0n) is 7.96. The topological polar surface area (TPSA) is 54.4 Å². The number of aromatic nitrogens is 1. The fourth-order valence-corrected chi connectivity index (χ4v) is 1.00. The number of anilines is 1. The van der Waals surface area contributed by atoms with Crippen LogP contribution in [-0.4, -0.2) is 30.4 Å². The molecule has 0 saturated heterocycles. The van der Waals surface area contributed by atoms with Gasteiger partial charge in [0, 0.05) is 25.4 Å². The molecule has 1 aromatic rings. The van der Waals surface area contributed by atoms with Crippen molar-refractivity contribution in [1.82, 2.24) is 4.98 Å². The first-order valence-corrected chi connectivity index (χ1v) is 4.26. The number of nitrogens with zero attached hydrogens (tertiary/aromatic N) is 1. The first kappa shape index (κ1) is 10.9. The number of aliphatic hydroxyl groups is 1. The number of halogens is 1. The summed E-state index contributed by atoms with van der Waals surface area (Å²) in [6.45, 7) is 0.632. The summed E-state index contributed by atoms with van der Waals surface area (Å²) in [6.07, 6.45) is 1.45. The molecule has 0 aliphatic rings. The minimum atomic E-state index is -0.508. The first-order chi connectivity index (χ1) is 6.79. The molecule has 14 heavy (non-hydrogen) atoms. The van der Waals surface area contributed by atoms with E-state index in [1.54, 1.807) is 7.11 Å². The van der Waals surface area contributed by atoms with Gasteiger partial charge in [0.1, 0.15) is 0 Å². The number of ether oxygens (including phenoxy) is 1. The Morgan fingerprint density at radius 3 is 3.07 bits per heavy atom. The van der Waals surface area contributed by atoms with Crippen LogP contribution in [0.3, 0.4) is 0 Å². The van der Waals surface area contributed by atoms with E-state index in [0.29, 0.717) is 13.2 Å². The number of methoxy groups -OCH3 is 1. The largest absolute Gasteiger partial charge is 0.392 e. The third-order valence-corrected chi connectivity index (χ3v) is 1.74.